The molecule has 82 valence electrons. The van der Waals surface area contributed by atoms with Crippen molar-refractivity contribution in [1.82, 2.24) is 4.57 Å². The molecular formula is C12H9F2NO. The molecule has 0 aliphatic heterocycles. The summed E-state index contributed by atoms with van der Waals surface area (Å²) in [6, 6.07) is 6.97. The van der Waals surface area contributed by atoms with E-state index >= 15 is 0 Å². The molecule has 1 aromatic carbocycles. The second kappa shape index (κ2) is 3.89. The number of hydrogen-bond donors (Lipinski definition) is 0. The minimum absolute atomic E-state index is 0.486. The van der Waals surface area contributed by atoms with Gasteiger partial charge in [-0.15, -0.1) is 0 Å². The van der Waals surface area contributed by atoms with Gasteiger partial charge in [0.15, 0.2) is 17.9 Å². The molecule has 0 unspecified atom stereocenters. The Balaban J connectivity index is 2.54. The van der Waals surface area contributed by atoms with Crippen LogP contribution in [0, 0.1) is 11.6 Å². The van der Waals surface area contributed by atoms with Crippen LogP contribution in [-0.2, 0) is 7.05 Å². The van der Waals surface area contributed by atoms with Crippen molar-refractivity contribution in [2.24, 2.45) is 7.05 Å². The third-order valence-corrected chi connectivity index (χ3v) is 2.50. The fourth-order valence-corrected chi connectivity index (χ4v) is 1.59. The summed E-state index contributed by atoms with van der Waals surface area (Å²) in [5.41, 5.74) is 1.69. The first-order chi connectivity index (χ1) is 7.63. The van der Waals surface area contributed by atoms with E-state index in [1.807, 2.05) is 0 Å². The van der Waals surface area contributed by atoms with E-state index in [0.717, 1.165) is 12.1 Å². The maximum atomic E-state index is 13.0. The average molecular weight is 221 g/mol. The van der Waals surface area contributed by atoms with E-state index in [-0.39, 0.29) is 0 Å². The quantitative estimate of drug-likeness (QED) is 0.715. The molecule has 0 saturated heterocycles. The van der Waals surface area contributed by atoms with Gasteiger partial charge in [0.2, 0.25) is 0 Å². The Labute approximate surface area is 91.1 Å². The molecule has 0 radical (unpaired) electrons. The zero-order chi connectivity index (χ0) is 11.7. The number of carbonyl (C=O) groups is 1. The molecule has 0 aliphatic rings. The van der Waals surface area contributed by atoms with Gasteiger partial charge in [0, 0.05) is 18.3 Å². The van der Waals surface area contributed by atoms with Gasteiger partial charge in [0.1, 0.15) is 0 Å². The number of aldehydes is 1. The lowest BCUT2D eigenvalue weighted by Crippen LogP contribution is -1.97. The molecule has 4 heteroatoms. The molecule has 2 rings (SSSR count). The van der Waals surface area contributed by atoms with E-state index in [2.05, 4.69) is 0 Å². The highest BCUT2D eigenvalue weighted by molar-refractivity contribution is 5.76. The van der Waals surface area contributed by atoms with E-state index < -0.39 is 11.6 Å². The Morgan fingerprint density at radius 3 is 2.44 bits per heavy atom. The maximum Gasteiger partial charge on any atom is 0.166 e. The van der Waals surface area contributed by atoms with E-state index in [1.165, 1.54) is 6.07 Å². The van der Waals surface area contributed by atoms with Crippen LogP contribution in [0.3, 0.4) is 0 Å². The van der Waals surface area contributed by atoms with Crippen molar-refractivity contribution >= 4 is 6.29 Å². The average Bonchev–Trinajstić information content (AvgIpc) is 2.64. The fourth-order valence-electron chi connectivity index (χ4n) is 1.59. The van der Waals surface area contributed by atoms with Crippen molar-refractivity contribution in [3.8, 4) is 11.3 Å². The predicted molar refractivity (Wildman–Crippen MR) is 56.2 cm³/mol. The highest BCUT2D eigenvalue weighted by atomic mass is 19.2. The maximum absolute atomic E-state index is 13.0. The van der Waals surface area contributed by atoms with E-state index in [1.54, 1.807) is 23.7 Å². The van der Waals surface area contributed by atoms with Crippen LogP contribution in [0.2, 0.25) is 0 Å². The number of rotatable bonds is 2. The molecule has 1 heterocycles. The van der Waals surface area contributed by atoms with Gasteiger partial charge in [0.05, 0.1) is 5.69 Å². The molecule has 2 nitrogen and oxygen atoms in total. The number of carbonyl (C=O) groups excluding carboxylic acids is 1. The lowest BCUT2D eigenvalue weighted by molar-refractivity contribution is 0.111. The Hall–Kier alpha value is -1.97. The summed E-state index contributed by atoms with van der Waals surface area (Å²) in [4.78, 5) is 10.6. The largest absolute Gasteiger partial charge is 0.341 e. The van der Waals surface area contributed by atoms with Crippen molar-refractivity contribution in [3.05, 3.63) is 47.7 Å². The molecule has 2 aromatic rings. The molecule has 0 aliphatic carbocycles. The third-order valence-electron chi connectivity index (χ3n) is 2.50. The van der Waals surface area contributed by atoms with Crippen LogP contribution in [0.5, 0.6) is 0 Å². The number of halogens is 2. The summed E-state index contributed by atoms with van der Waals surface area (Å²) in [5, 5.41) is 0. The molecule has 1 aromatic heterocycles. The van der Waals surface area contributed by atoms with Gasteiger partial charge in [-0.1, -0.05) is 0 Å². The lowest BCUT2D eigenvalue weighted by atomic mass is 10.1. The Bertz CT molecular complexity index is 546. The molecule has 0 fully saturated rings. The smallest absolute Gasteiger partial charge is 0.166 e. The van der Waals surface area contributed by atoms with E-state index in [9.17, 15) is 13.6 Å². The number of hydrogen-bond acceptors (Lipinski definition) is 1. The predicted octanol–water partition coefficient (Wildman–Crippen LogP) is 2.78. The summed E-state index contributed by atoms with van der Waals surface area (Å²) in [5.74, 6) is -1.78. The topological polar surface area (TPSA) is 22.0 Å². The molecule has 0 amide bonds. The highest BCUT2D eigenvalue weighted by Gasteiger charge is 2.09. The summed E-state index contributed by atoms with van der Waals surface area (Å²) in [6.45, 7) is 0. The number of aromatic nitrogens is 1. The summed E-state index contributed by atoms with van der Waals surface area (Å²) >= 11 is 0. The molecule has 0 N–H and O–H groups in total. The second-order valence-corrected chi connectivity index (χ2v) is 3.45. The highest BCUT2D eigenvalue weighted by Crippen LogP contribution is 2.22. The first-order valence-corrected chi connectivity index (χ1v) is 4.70. The number of benzene rings is 1. The van der Waals surface area contributed by atoms with Crippen molar-refractivity contribution < 1.29 is 13.6 Å². The third kappa shape index (κ3) is 1.62. The molecular weight excluding hydrogens is 212 g/mol. The second-order valence-electron chi connectivity index (χ2n) is 3.45. The number of nitrogens with zero attached hydrogens (tertiary/aromatic N) is 1. The molecule has 0 saturated carbocycles. The van der Waals surface area contributed by atoms with Crippen LogP contribution in [0.1, 0.15) is 10.5 Å². The molecule has 0 spiro atoms. The van der Waals surface area contributed by atoms with Gasteiger partial charge >= 0.3 is 0 Å². The van der Waals surface area contributed by atoms with E-state index in [0.29, 0.717) is 23.2 Å². The minimum Gasteiger partial charge on any atom is -0.341 e. The van der Waals surface area contributed by atoms with Gasteiger partial charge in [-0.3, -0.25) is 4.79 Å². The summed E-state index contributed by atoms with van der Waals surface area (Å²) in [7, 11) is 1.69. The monoisotopic (exact) mass is 221 g/mol. The normalized spacial score (nSPS) is 10.4. The zero-order valence-corrected chi connectivity index (χ0v) is 8.58. The molecule has 16 heavy (non-hydrogen) atoms. The van der Waals surface area contributed by atoms with Crippen LogP contribution in [0.15, 0.2) is 30.3 Å². The standard InChI is InChI=1S/C12H9F2NO/c1-15-9(7-16)3-5-12(15)8-2-4-10(13)11(14)6-8/h2-7H,1H3. The van der Waals surface area contributed by atoms with Crippen molar-refractivity contribution in [2.75, 3.05) is 0 Å². The van der Waals surface area contributed by atoms with Crippen LogP contribution in [0.4, 0.5) is 8.78 Å². The van der Waals surface area contributed by atoms with Crippen molar-refractivity contribution in [1.29, 1.82) is 0 Å². The van der Waals surface area contributed by atoms with Gasteiger partial charge in [-0.05, 0) is 30.3 Å². The zero-order valence-electron chi connectivity index (χ0n) is 8.58. The van der Waals surface area contributed by atoms with Crippen LogP contribution in [0.25, 0.3) is 11.3 Å². The molecule has 0 atom stereocenters. The Morgan fingerprint density at radius 2 is 1.88 bits per heavy atom. The van der Waals surface area contributed by atoms with Crippen LogP contribution in [-0.4, -0.2) is 10.9 Å². The Morgan fingerprint density at radius 1 is 1.12 bits per heavy atom. The lowest BCUT2D eigenvalue weighted by Gasteiger charge is -2.05. The van der Waals surface area contributed by atoms with Gasteiger partial charge in [0.25, 0.3) is 0 Å². The Kier molecular flexibility index (Phi) is 2.56. The van der Waals surface area contributed by atoms with Crippen LogP contribution < -0.4 is 0 Å². The first-order valence-electron chi connectivity index (χ1n) is 4.70. The van der Waals surface area contributed by atoms with Crippen molar-refractivity contribution in [2.45, 2.75) is 0 Å². The first kappa shape index (κ1) is 10.5. The van der Waals surface area contributed by atoms with Crippen molar-refractivity contribution in [3.63, 3.8) is 0 Å². The summed E-state index contributed by atoms with van der Waals surface area (Å²) in [6.07, 6.45) is 0.712. The minimum atomic E-state index is -0.897. The molecule has 0 bridgehead atoms. The van der Waals surface area contributed by atoms with Gasteiger partial charge in [-0.2, -0.15) is 0 Å². The van der Waals surface area contributed by atoms with Crippen LogP contribution >= 0.6 is 0 Å². The van der Waals surface area contributed by atoms with Gasteiger partial charge in [-0.25, -0.2) is 8.78 Å². The summed E-state index contributed by atoms with van der Waals surface area (Å²) < 4.78 is 27.4. The van der Waals surface area contributed by atoms with E-state index in [4.69, 9.17) is 0 Å². The van der Waals surface area contributed by atoms with Gasteiger partial charge < -0.3 is 4.57 Å². The SMILES string of the molecule is Cn1c(C=O)ccc1-c1ccc(F)c(F)c1. The fraction of sp³-hybridized carbons (Fsp3) is 0.0833.